The summed E-state index contributed by atoms with van der Waals surface area (Å²) in [7, 11) is -0.591. The lowest BCUT2D eigenvalue weighted by Crippen LogP contribution is -2.27. The van der Waals surface area contributed by atoms with Crippen LogP contribution >= 0.6 is 0 Å². The minimum atomic E-state index is -3.56. The van der Waals surface area contributed by atoms with E-state index in [0.717, 1.165) is 15.6 Å². The van der Waals surface area contributed by atoms with Gasteiger partial charge in [0.05, 0.1) is 17.9 Å². The SMILES string of the molecule is CCOc1ccc(CC(=O)NCc2ccccc2S(=O)(=O)N(C)C)cc1. The fourth-order valence-electron chi connectivity index (χ4n) is 2.41. The molecule has 0 saturated heterocycles. The van der Waals surface area contributed by atoms with Crippen LogP contribution in [0.25, 0.3) is 0 Å². The number of nitrogens with zero attached hydrogens (tertiary/aromatic N) is 1. The monoisotopic (exact) mass is 376 g/mol. The van der Waals surface area contributed by atoms with Crippen LogP contribution in [-0.4, -0.2) is 39.3 Å². The molecule has 6 nitrogen and oxygen atoms in total. The van der Waals surface area contributed by atoms with Crippen molar-refractivity contribution in [2.45, 2.75) is 24.8 Å². The molecule has 0 aliphatic rings. The number of ether oxygens (including phenoxy) is 1. The maximum atomic E-state index is 12.4. The van der Waals surface area contributed by atoms with E-state index in [2.05, 4.69) is 5.32 Å². The fourth-order valence-corrected chi connectivity index (χ4v) is 3.53. The van der Waals surface area contributed by atoms with E-state index in [1.165, 1.54) is 14.1 Å². The van der Waals surface area contributed by atoms with E-state index in [1.807, 2.05) is 31.2 Å². The Balaban J connectivity index is 2.02. The van der Waals surface area contributed by atoms with E-state index in [0.29, 0.717) is 12.2 Å². The van der Waals surface area contributed by atoms with Crippen molar-refractivity contribution in [2.24, 2.45) is 0 Å². The number of carbonyl (C=O) groups is 1. The maximum Gasteiger partial charge on any atom is 0.242 e. The molecular formula is C19H24N2O4S. The van der Waals surface area contributed by atoms with Gasteiger partial charge in [0.25, 0.3) is 0 Å². The molecule has 0 aromatic heterocycles. The number of sulfonamides is 1. The molecule has 0 saturated carbocycles. The number of hydrogen-bond acceptors (Lipinski definition) is 4. The van der Waals surface area contributed by atoms with Crippen LogP contribution < -0.4 is 10.1 Å². The predicted molar refractivity (Wildman–Crippen MR) is 100 cm³/mol. The van der Waals surface area contributed by atoms with Gasteiger partial charge < -0.3 is 10.1 Å². The van der Waals surface area contributed by atoms with Gasteiger partial charge in [0.2, 0.25) is 15.9 Å². The van der Waals surface area contributed by atoms with Gasteiger partial charge in [0, 0.05) is 20.6 Å². The van der Waals surface area contributed by atoms with Crippen molar-refractivity contribution in [2.75, 3.05) is 20.7 Å². The van der Waals surface area contributed by atoms with Crippen molar-refractivity contribution in [3.63, 3.8) is 0 Å². The average Bonchev–Trinajstić information content (AvgIpc) is 2.62. The average molecular weight is 376 g/mol. The van der Waals surface area contributed by atoms with Crippen molar-refractivity contribution in [3.05, 3.63) is 59.7 Å². The lowest BCUT2D eigenvalue weighted by Gasteiger charge is -2.15. The summed E-state index contributed by atoms with van der Waals surface area (Å²) < 4.78 is 31.3. The number of benzene rings is 2. The van der Waals surface area contributed by atoms with Gasteiger partial charge in [-0.05, 0) is 36.2 Å². The number of hydrogen-bond donors (Lipinski definition) is 1. The van der Waals surface area contributed by atoms with Crippen LogP contribution in [0.4, 0.5) is 0 Å². The van der Waals surface area contributed by atoms with Gasteiger partial charge in [-0.3, -0.25) is 4.79 Å². The van der Waals surface area contributed by atoms with Crippen LogP contribution in [0.15, 0.2) is 53.4 Å². The van der Waals surface area contributed by atoms with Gasteiger partial charge >= 0.3 is 0 Å². The highest BCUT2D eigenvalue weighted by Gasteiger charge is 2.20. The number of carbonyl (C=O) groups excluding carboxylic acids is 1. The molecule has 0 atom stereocenters. The molecule has 1 amide bonds. The molecule has 0 fully saturated rings. The Morgan fingerprint density at radius 3 is 2.35 bits per heavy atom. The zero-order valence-corrected chi connectivity index (χ0v) is 16.0. The second-order valence-corrected chi connectivity index (χ2v) is 8.05. The van der Waals surface area contributed by atoms with Crippen LogP contribution in [0.5, 0.6) is 5.75 Å². The molecule has 2 aromatic rings. The van der Waals surface area contributed by atoms with E-state index in [1.54, 1.807) is 24.3 Å². The van der Waals surface area contributed by atoms with Crippen LogP contribution in [0.1, 0.15) is 18.1 Å². The lowest BCUT2D eigenvalue weighted by molar-refractivity contribution is -0.120. The standard InChI is InChI=1S/C19H24N2O4S/c1-4-25-17-11-9-15(10-12-17)13-19(22)20-14-16-7-5-6-8-18(16)26(23,24)21(2)3/h5-12H,4,13-14H2,1-3H3,(H,20,22). The van der Waals surface area contributed by atoms with Crippen molar-refractivity contribution in [3.8, 4) is 5.75 Å². The molecule has 0 radical (unpaired) electrons. The Labute approximate surface area is 154 Å². The number of nitrogens with one attached hydrogen (secondary N) is 1. The first kappa shape index (κ1) is 19.9. The molecule has 0 spiro atoms. The highest BCUT2D eigenvalue weighted by molar-refractivity contribution is 7.89. The summed E-state index contributed by atoms with van der Waals surface area (Å²) in [6.45, 7) is 2.66. The maximum absolute atomic E-state index is 12.4. The smallest absolute Gasteiger partial charge is 0.242 e. The second kappa shape index (κ2) is 8.82. The zero-order valence-electron chi connectivity index (χ0n) is 15.2. The zero-order chi connectivity index (χ0) is 19.2. The van der Waals surface area contributed by atoms with Crippen molar-refractivity contribution >= 4 is 15.9 Å². The summed E-state index contributed by atoms with van der Waals surface area (Å²) >= 11 is 0. The molecule has 0 heterocycles. The Bertz CT molecular complexity index is 846. The van der Waals surface area contributed by atoms with E-state index >= 15 is 0 Å². The summed E-state index contributed by atoms with van der Waals surface area (Å²) in [5, 5.41) is 2.79. The van der Waals surface area contributed by atoms with Gasteiger partial charge in [-0.2, -0.15) is 0 Å². The molecule has 0 aliphatic heterocycles. The molecular weight excluding hydrogens is 352 g/mol. The van der Waals surface area contributed by atoms with Gasteiger partial charge in [-0.25, -0.2) is 12.7 Å². The quantitative estimate of drug-likeness (QED) is 0.766. The van der Waals surface area contributed by atoms with Gasteiger partial charge in [-0.1, -0.05) is 30.3 Å². The van der Waals surface area contributed by atoms with E-state index in [9.17, 15) is 13.2 Å². The molecule has 2 aromatic carbocycles. The molecule has 0 unspecified atom stereocenters. The van der Waals surface area contributed by atoms with Crippen LogP contribution in [-0.2, 0) is 27.8 Å². The van der Waals surface area contributed by atoms with Crippen LogP contribution in [0.2, 0.25) is 0 Å². The lowest BCUT2D eigenvalue weighted by atomic mass is 10.1. The first-order valence-corrected chi connectivity index (χ1v) is 9.77. The van der Waals surface area contributed by atoms with Crippen molar-refractivity contribution < 1.29 is 17.9 Å². The van der Waals surface area contributed by atoms with Gasteiger partial charge in [0.15, 0.2) is 0 Å². The van der Waals surface area contributed by atoms with E-state index in [4.69, 9.17) is 4.74 Å². The fraction of sp³-hybridized carbons (Fsp3) is 0.316. The molecule has 26 heavy (non-hydrogen) atoms. The first-order valence-electron chi connectivity index (χ1n) is 8.33. The Kier molecular flexibility index (Phi) is 6.76. The topological polar surface area (TPSA) is 75.7 Å². The van der Waals surface area contributed by atoms with Gasteiger partial charge in [-0.15, -0.1) is 0 Å². The third kappa shape index (κ3) is 5.06. The number of amides is 1. The predicted octanol–water partition coefficient (Wildman–Crippen LogP) is 2.19. The molecule has 0 bridgehead atoms. The summed E-state index contributed by atoms with van der Waals surface area (Å²) in [5.74, 6) is 0.589. The highest BCUT2D eigenvalue weighted by atomic mass is 32.2. The number of rotatable bonds is 8. The second-order valence-electron chi connectivity index (χ2n) is 5.93. The van der Waals surface area contributed by atoms with Gasteiger partial charge in [0.1, 0.15) is 5.75 Å². The minimum Gasteiger partial charge on any atom is -0.494 e. The normalized spacial score (nSPS) is 11.4. The van der Waals surface area contributed by atoms with E-state index < -0.39 is 10.0 Å². The highest BCUT2D eigenvalue weighted by Crippen LogP contribution is 2.18. The largest absolute Gasteiger partial charge is 0.494 e. The van der Waals surface area contributed by atoms with Crippen LogP contribution in [0.3, 0.4) is 0 Å². The third-order valence-electron chi connectivity index (χ3n) is 3.81. The summed E-state index contributed by atoms with van der Waals surface area (Å²) in [5.41, 5.74) is 1.42. The van der Waals surface area contributed by atoms with Crippen molar-refractivity contribution in [1.82, 2.24) is 9.62 Å². The Hall–Kier alpha value is -2.38. The summed E-state index contributed by atoms with van der Waals surface area (Å²) in [6.07, 6.45) is 0.217. The molecule has 0 aliphatic carbocycles. The summed E-state index contributed by atoms with van der Waals surface area (Å²) in [6, 6.07) is 14.0. The third-order valence-corrected chi connectivity index (χ3v) is 5.72. The first-order chi connectivity index (χ1) is 12.3. The molecule has 1 N–H and O–H groups in total. The van der Waals surface area contributed by atoms with Crippen molar-refractivity contribution in [1.29, 1.82) is 0 Å². The van der Waals surface area contributed by atoms with E-state index in [-0.39, 0.29) is 23.8 Å². The van der Waals surface area contributed by atoms with Crippen LogP contribution in [0, 0.1) is 0 Å². The molecule has 2 rings (SSSR count). The summed E-state index contributed by atoms with van der Waals surface area (Å²) in [4.78, 5) is 12.4. The Morgan fingerprint density at radius 1 is 1.08 bits per heavy atom. The molecule has 7 heteroatoms. The minimum absolute atomic E-state index is 0.152. The molecule has 140 valence electrons. The Morgan fingerprint density at radius 2 is 1.73 bits per heavy atom.